The van der Waals surface area contributed by atoms with E-state index in [0.29, 0.717) is 43.1 Å². The highest BCUT2D eigenvalue weighted by molar-refractivity contribution is 6.03. The topological polar surface area (TPSA) is 97.0 Å². The highest BCUT2D eigenvalue weighted by Crippen LogP contribution is 2.44. The molecule has 1 saturated heterocycles. The van der Waals surface area contributed by atoms with Gasteiger partial charge in [0.1, 0.15) is 11.4 Å². The van der Waals surface area contributed by atoms with Crippen LogP contribution in [0.3, 0.4) is 0 Å². The molecule has 3 amide bonds. The summed E-state index contributed by atoms with van der Waals surface area (Å²) in [6.07, 6.45) is 2.91. The van der Waals surface area contributed by atoms with Crippen LogP contribution >= 0.6 is 0 Å². The molecule has 2 N–H and O–H groups in total. The van der Waals surface area contributed by atoms with Gasteiger partial charge in [-0.2, -0.15) is 0 Å². The Morgan fingerprint density at radius 3 is 2.66 bits per heavy atom. The van der Waals surface area contributed by atoms with Crippen LogP contribution in [0.25, 0.3) is 0 Å². The summed E-state index contributed by atoms with van der Waals surface area (Å²) in [5, 5.41) is 5.46. The number of benzene rings is 2. The molecular weight excluding hydrogens is 410 g/mol. The fraction of sp³-hybridized carbons (Fsp3) is 0.292. The van der Waals surface area contributed by atoms with Crippen LogP contribution in [-0.4, -0.2) is 43.0 Å². The van der Waals surface area contributed by atoms with Crippen LogP contribution in [-0.2, 0) is 19.9 Å². The number of amides is 3. The van der Waals surface area contributed by atoms with Crippen LogP contribution in [0, 0.1) is 6.92 Å². The van der Waals surface area contributed by atoms with Crippen molar-refractivity contribution in [2.24, 2.45) is 0 Å². The zero-order chi connectivity index (χ0) is 22.7. The fourth-order valence-corrected chi connectivity index (χ4v) is 4.12. The third kappa shape index (κ3) is 4.44. The number of methoxy groups -OCH3 is 1. The molecule has 8 heteroatoms. The molecule has 0 bridgehead atoms. The monoisotopic (exact) mass is 435 g/mol. The summed E-state index contributed by atoms with van der Waals surface area (Å²) in [5.74, 6) is 0.0417. The standard InChI is InChI=1S/C24H25N3O5/c1-16-4-3-5-17(14-16)25-21(28)8-9-22(29)27-12-10-24(11-13-27)19-15-18(31-2)6-7-20(19)26-23(30)32-24/h3-9,14-15H,10-13H2,1-2H3,(H,25,28)(H,26,30). The maximum Gasteiger partial charge on any atom is 0.412 e. The van der Waals surface area contributed by atoms with Crippen LogP contribution in [0.5, 0.6) is 5.75 Å². The first-order chi connectivity index (χ1) is 15.4. The predicted octanol–water partition coefficient (Wildman–Crippen LogP) is 3.58. The molecule has 0 aromatic heterocycles. The molecule has 0 saturated carbocycles. The summed E-state index contributed by atoms with van der Waals surface area (Å²) in [6.45, 7) is 2.73. The van der Waals surface area contributed by atoms with E-state index in [1.807, 2.05) is 31.2 Å². The van der Waals surface area contributed by atoms with Crippen molar-refractivity contribution in [3.05, 3.63) is 65.7 Å². The van der Waals surface area contributed by atoms with E-state index in [1.165, 1.54) is 12.2 Å². The molecule has 166 valence electrons. The molecule has 8 nitrogen and oxygen atoms in total. The summed E-state index contributed by atoms with van der Waals surface area (Å²) >= 11 is 0. The lowest BCUT2D eigenvalue weighted by molar-refractivity contribution is -0.130. The number of nitrogens with one attached hydrogen (secondary N) is 2. The number of anilines is 2. The van der Waals surface area contributed by atoms with Gasteiger partial charge in [0.25, 0.3) is 0 Å². The molecule has 0 unspecified atom stereocenters. The molecule has 2 aliphatic rings. The molecule has 32 heavy (non-hydrogen) atoms. The van der Waals surface area contributed by atoms with Gasteiger partial charge in [-0.25, -0.2) is 4.79 Å². The van der Waals surface area contributed by atoms with Gasteiger partial charge in [0.15, 0.2) is 0 Å². The summed E-state index contributed by atoms with van der Waals surface area (Å²) < 4.78 is 11.0. The first-order valence-electron chi connectivity index (χ1n) is 10.4. The van der Waals surface area contributed by atoms with Crippen molar-refractivity contribution in [3.63, 3.8) is 0 Å². The van der Waals surface area contributed by atoms with Crippen LogP contribution in [0.2, 0.25) is 0 Å². The maximum atomic E-state index is 12.6. The molecule has 2 heterocycles. The van der Waals surface area contributed by atoms with Crippen LogP contribution in [0.15, 0.2) is 54.6 Å². The molecule has 4 rings (SSSR count). The number of aryl methyl sites for hydroxylation is 1. The van der Waals surface area contributed by atoms with Crippen molar-refractivity contribution in [1.29, 1.82) is 0 Å². The number of likely N-dealkylation sites (tertiary alicyclic amines) is 1. The zero-order valence-corrected chi connectivity index (χ0v) is 18.0. The lowest BCUT2D eigenvalue weighted by Gasteiger charge is -2.44. The van der Waals surface area contributed by atoms with E-state index in [0.717, 1.165) is 11.1 Å². The minimum Gasteiger partial charge on any atom is -0.497 e. The van der Waals surface area contributed by atoms with Crippen molar-refractivity contribution in [2.45, 2.75) is 25.4 Å². The third-order valence-corrected chi connectivity index (χ3v) is 5.79. The van der Waals surface area contributed by atoms with Crippen LogP contribution in [0.1, 0.15) is 24.0 Å². The van der Waals surface area contributed by atoms with E-state index in [1.54, 1.807) is 30.2 Å². The van der Waals surface area contributed by atoms with E-state index < -0.39 is 11.7 Å². The first kappa shape index (κ1) is 21.4. The van der Waals surface area contributed by atoms with Crippen LogP contribution < -0.4 is 15.4 Å². The number of nitrogens with zero attached hydrogens (tertiary/aromatic N) is 1. The number of piperidine rings is 1. The lowest BCUT2D eigenvalue weighted by atomic mass is 9.82. The Kier molecular flexibility index (Phi) is 5.85. The van der Waals surface area contributed by atoms with Crippen molar-refractivity contribution in [1.82, 2.24) is 4.90 Å². The number of hydrogen-bond donors (Lipinski definition) is 2. The van der Waals surface area contributed by atoms with Gasteiger partial charge in [-0.15, -0.1) is 0 Å². The zero-order valence-electron chi connectivity index (χ0n) is 18.0. The lowest BCUT2D eigenvalue weighted by Crippen LogP contribution is -2.49. The number of fused-ring (bicyclic) bond motifs is 2. The Labute approximate surface area is 186 Å². The Hall–Kier alpha value is -3.81. The summed E-state index contributed by atoms with van der Waals surface area (Å²) in [6, 6.07) is 12.9. The van der Waals surface area contributed by atoms with E-state index in [2.05, 4.69) is 10.6 Å². The molecule has 2 aromatic rings. The smallest absolute Gasteiger partial charge is 0.412 e. The summed E-state index contributed by atoms with van der Waals surface area (Å²) in [4.78, 5) is 38.5. The van der Waals surface area contributed by atoms with E-state index in [9.17, 15) is 14.4 Å². The molecule has 1 spiro atoms. The summed E-state index contributed by atoms with van der Waals surface area (Å²) in [5.41, 5.74) is 2.43. The number of hydrogen-bond acceptors (Lipinski definition) is 5. The van der Waals surface area contributed by atoms with Crippen molar-refractivity contribution < 1.29 is 23.9 Å². The van der Waals surface area contributed by atoms with Gasteiger partial charge in [-0.05, 0) is 42.8 Å². The normalized spacial score (nSPS) is 16.8. The second-order valence-electron chi connectivity index (χ2n) is 7.94. The second-order valence-corrected chi connectivity index (χ2v) is 7.94. The Balaban J connectivity index is 1.40. The van der Waals surface area contributed by atoms with Gasteiger partial charge in [0.05, 0.1) is 12.8 Å². The number of ether oxygens (including phenoxy) is 2. The van der Waals surface area contributed by atoms with Crippen LogP contribution in [0.4, 0.5) is 16.2 Å². The fourth-order valence-electron chi connectivity index (χ4n) is 4.12. The Morgan fingerprint density at radius 1 is 1.16 bits per heavy atom. The SMILES string of the molecule is COc1ccc2c(c1)C1(CCN(C(=O)C=CC(=O)Nc3cccc(C)c3)CC1)OC(=O)N2. The Bertz CT molecular complexity index is 1090. The minimum absolute atomic E-state index is 0.259. The van der Waals surface area contributed by atoms with Crippen molar-refractivity contribution >= 4 is 29.3 Å². The molecule has 0 radical (unpaired) electrons. The Morgan fingerprint density at radius 2 is 1.94 bits per heavy atom. The van der Waals surface area contributed by atoms with Gasteiger partial charge in [0.2, 0.25) is 11.8 Å². The number of rotatable bonds is 4. The molecule has 2 aromatic carbocycles. The number of carbonyl (C=O) groups excluding carboxylic acids is 3. The van der Waals surface area contributed by atoms with Gasteiger partial charge in [-0.1, -0.05) is 12.1 Å². The number of carbonyl (C=O) groups is 3. The van der Waals surface area contributed by atoms with Gasteiger partial charge >= 0.3 is 6.09 Å². The third-order valence-electron chi connectivity index (χ3n) is 5.79. The van der Waals surface area contributed by atoms with E-state index in [-0.39, 0.29) is 11.8 Å². The van der Waals surface area contributed by atoms with Crippen molar-refractivity contribution in [2.75, 3.05) is 30.8 Å². The average Bonchev–Trinajstić information content (AvgIpc) is 2.78. The highest BCUT2D eigenvalue weighted by atomic mass is 16.6. The van der Waals surface area contributed by atoms with E-state index in [4.69, 9.17) is 9.47 Å². The molecule has 1 fully saturated rings. The largest absolute Gasteiger partial charge is 0.497 e. The first-order valence-corrected chi connectivity index (χ1v) is 10.4. The second kappa shape index (κ2) is 8.74. The van der Waals surface area contributed by atoms with Gasteiger partial charge < -0.3 is 19.7 Å². The molecule has 0 aliphatic carbocycles. The molecule has 0 atom stereocenters. The summed E-state index contributed by atoms with van der Waals surface area (Å²) in [7, 11) is 1.58. The molecule has 2 aliphatic heterocycles. The molecular formula is C24H25N3O5. The maximum absolute atomic E-state index is 12.6. The van der Waals surface area contributed by atoms with E-state index >= 15 is 0 Å². The average molecular weight is 435 g/mol. The minimum atomic E-state index is -0.810. The highest BCUT2D eigenvalue weighted by Gasteiger charge is 2.45. The predicted molar refractivity (Wildman–Crippen MR) is 120 cm³/mol. The van der Waals surface area contributed by atoms with Gasteiger partial charge in [-0.3, -0.25) is 14.9 Å². The quantitative estimate of drug-likeness (QED) is 0.716. The van der Waals surface area contributed by atoms with Crippen molar-refractivity contribution in [3.8, 4) is 5.75 Å². The van der Waals surface area contributed by atoms with Gasteiger partial charge in [0, 0.05) is 49.3 Å².